The van der Waals surface area contributed by atoms with Crippen LogP contribution in [0, 0.1) is 5.92 Å². The number of nitrogens with two attached hydrogens (primary N) is 1. The summed E-state index contributed by atoms with van der Waals surface area (Å²) in [5, 5.41) is 13.0. The van der Waals surface area contributed by atoms with Gasteiger partial charge in [0, 0.05) is 18.3 Å². The Labute approximate surface area is 108 Å². The number of nitrogen functional groups attached to an aromatic ring is 1. The van der Waals surface area contributed by atoms with E-state index in [1.807, 2.05) is 32.0 Å². The van der Waals surface area contributed by atoms with Crippen LogP contribution in [0.25, 0.3) is 0 Å². The minimum absolute atomic E-state index is 0.0969. The molecule has 0 amide bonds. The van der Waals surface area contributed by atoms with E-state index in [-0.39, 0.29) is 12.2 Å². The van der Waals surface area contributed by atoms with Gasteiger partial charge in [-0.15, -0.1) is 0 Å². The van der Waals surface area contributed by atoms with Crippen LogP contribution in [0.2, 0.25) is 0 Å². The first-order valence-corrected chi connectivity index (χ1v) is 6.54. The summed E-state index contributed by atoms with van der Waals surface area (Å²) in [5.74, 6) is 1.17. The zero-order valence-corrected chi connectivity index (χ0v) is 11.0. The topological polar surface area (TPSA) is 67.5 Å². The number of hydrogen-bond donors (Lipinski definition) is 3. The molecule has 0 saturated heterocycles. The average Bonchev–Trinajstić information content (AvgIpc) is 3.13. The van der Waals surface area contributed by atoms with Crippen LogP contribution in [0.3, 0.4) is 0 Å². The van der Waals surface area contributed by atoms with Crippen LogP contribution in [0.5, 0.6) is 5.75 Å². The maximum atomic E-state index is 9.80. The van der Waals surface area contributed by atoms with Crippen molar-refractivity contribution in [2.45, 2.75) is 38.9 Å². The van der Waals surface area contributed by atoms with Gasteiger partial charge in [0.05, 0.1) is 17.9 Å². The number of benzene rings is 1. The molecule has 0 aliphatic heterocycles. The van der Waals surface area contributed by atoms with Gasteiger partial charge in [0.2, 0.25) is 0 Å². The molecule has 0 radical (unpaired) electrons. The van der Waals surface area contributed by atoms with Gasteiger partial charge in [0.25, 0.3) is 0 Å². The lowest BCUT2D eigenvalue weighted by Crippen LogP contribution is -2.21. The molecule has 2 rings (SSSR count). The summed E-state index contributed by atoms with van der Waals surface area (Å²) in [7, 11) is 0. The fourth-order valence-corrected chi connectivity index (χ4v) is 1.87. The molecule has 1 atom stereocenters. The van der Waals surface area contributed by atoms with Gasteiger partial charge in [-0.25, -0.2) is 0 Å². The molecule has 1 fully saturated rings. The van der Waals surface area contributed by atoms with Crippen LogP contribution < -0.4 is 15.8 Å². The molecule has 1 aliphatic rings. The van der Waals surface area contributed by atoms with E-state index in [0.717, 1.165) is 18.5 Å². The highest BCUT2D eigenvalue weighted by atomic mass is 16.5. The number of aliphatic hydroxyl groups excluding tert-OH is 1. The molecule has 1 aromatic rings. The summed E-state index contributed by atoms with van der Waals surface area (Å²) in [4.78, 5) is 0. The molecule has 100 valence electrons. The van der Waals surface area contributed by atoms with Crippen molar-refractivity contribution in [1.29, 1.82) is 0 Å². The maximum absolute atomic E-state index is 9.80. The molecule has 0 spiro atoms. The number of ether oxygens (including phenoxy) is 1. The lowest BCUT2D eigenvalue weighted by molar-refractivity contribution is 0.164. The van der Waals surface area contributed by atoms with E-state index in [1.54, 1.807) is 0 Å². The van der Waals surface area contributed by atoms with E-state index in [0.29, 0.717) is 23.9 Å². The first kappa shape index (κ1) is 13.0. The predicted molar refractivity (Wildman–Crippen MR) is 73.8 cm³/mol. The SMILES string of the molecule is CC(C)Oc1cc(NCC(O)C2CC2)ccc1N. The van der Waals surface area contributed by atoms with Crippen LogP contribution >= 0.6 is 0 Å². The summed E-state index contributed by atoms with van der Waals surface area (Å²) in [6, 6.07) is 5.61. The molecule has 4 nitrogen and oxygen atoms in total. The molecule has 1 saturated carbocycles. The van der Waals surface area contributed by atoms with E-state index in [9.17, 15) is 5.11 Å². The maximum Gasteiger partial charge on any atom is 0.144 e. The minimum atomic E-state index is -0.253. The summed E-state index contributed by atoms with van der Waals surface area (Å²) < 4.78 is 5.62. The number of anilines is 2. The molecule has 4 N–H and O–H groups in total. The van der Waals surface area contributed by atoms with Gasteiger partial charge in [-0.2, -0.15) is 0 Å². The third kappa shape index (κ3) is 3.53. The molecule has 1 aromatic carbocycles. The van der Waals surface area contributed by atoms with Gasteiger partial charge in [-0.05, 0) is 44.7 Å². The van der Waals surface area contributed by atoms with Crippen molar-refractivity contribution >= 4 is 11.4 Å². The molecule has 0 aromatic heterocycles. The molecular weight excluding hydrogens is 228 g/mol. The van der Waals surface area contributed by atoms with E-state index in [2.05, 4.69) is 5.32 Å². The average molecular weight is 250 g/mol. The van der Waals surface area contributed by atoms with Crippen molar-refractivity contribution in [1.82, 2.24) is 0 Å². The Morgan fingerprint density at radius 3 is 2.78 bits per heavy atom. The third-order valence-corrected chi connectivity index (χ3v) is 3.06. The number of nitrogens with one attached hydrogen (secondary N) is 1. The largest absolute Gasteiger partial charge is 0.489 e. The van der Waals surface area contributed by atoms with E-state index in [1.165, 1.54) is 0 Å². The van der Waals surface area contributed by atoms with Gasteiger partial charge in [0.1, 0.15) is 5.75 Å². The Morgan fingerprint density at radius 1 is 1.44 bits per heavy atom. The number of rotatable bonds is 6. The van der Waals surface area contributed by atoms with Gasteiger partial charge in [0.15, 0.2) is 0 Å². The molecular formula is C14H22N2O2. The minimum Gasteiger partial charge on any atom is -0.489 e. The highest BCUT2D eigenvalue weighted by Crippen LogP contribution is 2.33. The van der Waals surface area contributed by atoms with Crippen molar-refractivity contribution < 1.29 is 9.84 Å². The Morgan fingerprint density at radius 2 is 2.17 bits per heavy atom. The van der Waals surface area contributed by atoms with Crippen molar-refractivity contribution in [3.63, 3.8) is 0 Å². The predicted octanol–water partition coefficient (Wildman–Crippen LogP) is 2.24. The summed E-state index contributed by atoms with van der Waals surface area (Å²) >= 11 is 0. The van der Waals surface area contributed by atoms with Crippen LogP contribution in [-0.4, -0.2) is 23.9 Å². The van der Waals surface area contributed by atoms with Gasteiger partial charge >= 0.3 is 0 Å². The smallest absolute Gasteiger partial charge is 0.144 e. The summed E-state index contributed by atoms with van der Waals surface area (Å²) in [6.07, 6.45) is 2.13. The summed E-state index contributed by atoms with van der Waals surface area (Å²) in [5.41, 5.74) is 7.42. The van der Waals surface area contributed by atoms with E-state index >= 15 is 0 Å². The molecule has 1 unspecified atom stereocenters. The van der Waals surface area contributed by atoms with Crippen LogP contribution in [-0.2, 0) is 0 Å². The summed E-state index contributed by atoms with van der Waals surface area (Å²) in [6.45, 7) is 4.52. The first-order valence-electron chi connectivity index (χ1n) is 6.54. The first-order chi connectivity index (χ1) is 8.56. The fraction of sp³-hybridized carbons (Fsp3) is 0.571. The Balaban J connectivity index is 1.95. The molecule has 1 aliphatic carbocycles. The zero-order chi connectivity index (χ0) is 13.1. The third-order valence-electron chi connectivity index (χ3n) is 3.06. The fourth-order valence-electron chi connectivity index (χ4n) is 1.87. The van der Waals surface area contributed by atoms with E-state index < -0.39 is 0 Å². The number of hydrogen-bond acceptors (Lipinski definition) is 4. The van der Waals surface area contributed by atoms with Gasteiger partial charge < -0.3 is 20.9 Å². The lowest BCUT2D eigenvalue weighted by Gasteiger charge is -2.15. The number of aliphatic hydroxyl groups is 1. The Kier molecular flexibility index (Phi) is 3.97. The monoisotopic (exact) mass is 250 g/mol. The highest BCUT2D eigenvalue weighted by molar-refractivity contribution is 5.61. The zero-order valence-electron chi connectivity index (χ0n) is 11.0. The second-order valence-electron chi connectivity index (χ2n) is 5.20. The van der Waals surface area contributed by atoms with Crippen molar-refractivity contribution in [2.24, 2.45) is 5.92 Å². The van der Waals surface area contributed by atoms with Gasteiger partial charge in [-0.3, -0.25) is 0 Å². The van der Waals surface area contributed by atoms with Gasteiger partial charge in [-0.1, -0.05) is 0 Å². The van der Waals surface area contributed by atoms with Crippen LogP contribution in [0.4, 0.5) is 11.4 Å². The Hall–Kier alpha value is -1.42. The van der Waals surface area contributed by atoms with Crippen molar-refractivity contribution in [3.8, 4) is 5.75 Å². The van der Waals surface area contributed by atoms with Crippen LogP contribution in [0.15, 0.2) is 18.2 Å². The second kappa shape index (κ2) is 5.48. The standard InChI is InChI=1S/C14H22N2O2/c1-9(2)18-14-7-11(5-6-12(14)15)16-8-13(17)10-3-4-10/h5-7,9-10,13,16-17H,3-4,8,15H2,1-2H3. The van der Waals surface area contributed by atoms with Crippen molar-refractivity contribution in [3.05, 3.63) is 18.2 Å². The van der Waals surface area contributed by atoms with Crippen LogP contribution in [0.1, 0.15) is 26.7 Å². The molecule has 0 heterocycles. The van der Waals surface area contributed by atoms with E-state index in [4.69, 9.17) is 10.5 Å². The molecule has 0 bridgehead atoms. The normalized spacial score (nSPS) is 16.7. The molecule has 4 heteroatoms. The van der Waals surface area contributed by atoms with Crippen molar-refractivity contribution in [2.75, 3.05) is 17.6 Å². The quantitative estimate of drug-likeness (QED) is 0.677. The molecule has 18 heavy (non-hydrogen) atoms. The lowest BCUT2D eigenvalue weighted by atomic mass is 10.2. The Bertz CT molecular complexity index is 403. The second-order valence-corrected chi connectivity index (χ2v) is 5.20. The highest BCUT2D eigenvalue weighted by Gasteiger charge is 2.29.